The molecule has 12 aromatic rings. The van der Waals surface area contributed by atoms with Crippen LogP contribution in [0.15, 0.2) is 134 Å². The predicted octanol–water partition coefficient (Wildman–Crippen LogP) is 8.31. The first-order chi connectivity index (χ1) is 70.3. The molecule has 0 radical (unpaired) electrons. The SMILES string of the molecule is CCCN(CC(=O)N(CCC)CC(=O)N(CCC)CC(=O)N(CCC)CC(=O)N(CCC)CC(=O)N(CCC)CC(=O)N(CC(N)=O)Cc1cn(CCCNC(=O)CCCOc2cccc(-c3nc4ccc(-c5nc6ccc(N7CCN(C)CC7)cc6[nH]5)cc4[nH]3)c2)nn1)C(=O)CNCc1cn(CCCNC(=O)CCCOc2cccc(-c3nc4ccc(-c5nc6ccc(N7CCN(C)CC7)cc6[nH]5)cc4[nH]3)c2)nn1. The molecule has 2 saturated heterocycles. The number of aryl methyl sites for hydroxylation is 2. The largest absolute Gasteiger partial charge is 0.494 e. The number of piperazine rings is 2. The van der Waals surface area contributed by atoms with Crippen LogP contribution in [0, 0.1) is 0 Å². The standard InChI is InChI=1S/C104H139N29O12/c1-9-37-125(94(137)62-106-61-77-64-132(119-117-77)43-19-35-107-92(135)25-17-53-144-81-23-15-21-73(55-81)101-109-83-31-27-75(57-87(83)113-101)103-111-85-33-29-79(59-89(85)115-103)123-49-45-121(7)46-50-123)67-95(138)126(38-10-2)68-96(139)127(39-11-3)69-97(140)128(40-12-4)70-98(141)129(41-13-5)71-99(142)130(42-14-6)72-100(143)131(66-91(105)134)63-78-65-133(120-118-78)44-20-36-108-93(136)26-18-54-145-82-24-16-22-74(56-82)102-110-84-32-28-76(58-88(84)114-102)104-112-86-34-30-80(60-90(86)116-104)124-51-47-122(8)48-52-124/h15-16,21-24,27-34,55-60,64-65,106H,9-14,17-20,25-26,35-54,61-63,66-72H2,1-8H3,(H2,105,134)(H,107,135)(H,108,136)(H,109,113)(H,110,114)(H,111,115)(H,112,116). The van der Waals surface area contributed by atoms with Crippen LogP contribution in [0.3, 0.4) is 0 Å². The van der Waals surface area contributed by atoms with Gasteiger partial charge in [-0.25, -0.2) is 19.9 Å². The Labute approximate surface area is 844 Å². The van der Waals surface area contributed by atoms with Crippen molar-refractivity contribution in [2.24, 2.45) is 5.73 Å². The highest BCUT2D eigenvalue weighted by Gasteiger charge is 2.32. The van der Waals surface area contributed by atoms with Crippen molar-refractivity contribution in [1.82, 2.24) is 130 Å². The second-order valence-electron chi connectivity index (χ2n) is 37.3. The van der Waals surface area contributed by atoms with Crippen LogP contribution in [-0.4, -0.2) is 357 Å². The summed E-state index contributed by atoms with van der Waals surface area (Å²) in [4.78, 5) is 190. The second kappa shape index (κ2) is 52.5. The van der Waals surface area contributed by atoms with Crippen LogP contribution in [-0.2, 0) is 74.1 Å². The van der Waals surface area contributed by atoms with Gasteiger partial charge in [-0.15, -0.1) is 10.2 Å². The van der Waals surface area contributed by atoms with Crippen molar-refractivity contribution >= 4 is 115 Å². The third kappa shape index (κ3) is 30.2. The minimum atomic E-state index is -0.795. The highest BCUT2D eigenvalue weighted by atomic mass is 16.5. The van der Waals surface area contributed by atoms with Crippen LogP contribution in [0.4, 0.5) is 11.4 Å². The van der Waals surface area contributed by atoms with Gasteiger partial charge in [0, 0.05) is 177 Å². The molecule has 6 aromatic carbocycles. The van der Waals surface area contributed by atoms with Gasteiger partial charge in [0.15, 0.2) is 0 Å². The van der Waals surface area contributed by atoms with Crippen LogP contribution in [0.2, 0.25) is 0 Å². The van der Waals surface area contributed by atoms with Gasteiger partial charge in [-0.2, -0.15) is 0 Å². The average Bonchev–Trinajstić information content (AvgIpc) is 1.64. The van der Waals surface area contributed by atoms with Crippen molar-refractivity contribution in [2.75, 3.05) is 194 Å². The molecule has 2 fully saturated rings. The van der Waals surface area contributed by atoms with E-state index < -0.39 is 74.1 Å². The Morgan fingerprint density at radius 3 is 1.09 bits per heavy atom. The van der Waals surface area contributed by atoms with E-state index in [2.05, 4.69) is 139 Å². The number of nitrogens with zero attached hydrogens (tertiary/aromatic N) is 21. The minimum Gasteiger partial charge on any atom is -0.494 e. The van der Waals surface area contributed by atoms with Gasteiger partial charge in [0.2, 0.25) is 59.1 Å². The number of H-pyrrole nitrogens is 4. The smallest absolute Gasteiger partial charge is 0.243 e. The first kappa shape index (κ1) is 106. The monoisotopic (exact) mass is 1990 g/mol. The fourth-order valence-corrected chi connectivity index (χ4v) is 17.8. The number of likely N-dealkylation sites (N-methyl/N-ethyl adjacent to an activating group) is 2. The zero-order chi connectivity index (χ0) is 102. The summed E-state index contributed by atoms with van der Waals surface area (Å²) in [6.07, 6.45) is 8.89. The van der Waals surface area contributed by atoms with Crippen LogP contribution >= 0.6 is 0 Å². The molecule has 0 spiro atoms. The summed E-state index contributed by atoms with van der Waals surface area (Å²) in [6.45, 7) is 19.7. The van der Waals surface area contributed by atoms with E-state index in [0.29, 0.717) is 138 Å². The number of hydrogen-bond donors (Lipinski definition) is 8. The summed E-state index contributed by atoms with van der Waals surface area (Å²) >= 11 is 0. The first-order valence-electron chi connectivity index (χ1n) is 50.9. The Morgan fingerprint density at radius 1 is 0.379 bits per heavy atom. The average molecular weight is 1990 g/mol. The van der Waals surface area contributed by atoms with E-state index in [1.165, 1.54) is 45.7 Å². The molecule has 2 aliphatic rings. The molecule has 9 N–H and O–H groups in total. The third-order valence-electron chi connectivity index (χ3n) is 25.6. The summed E-state index contributed by atoms with van der Waals surface area (Å²) < 4.78 is 15.4. The lowest BCUT2D eigenvalue weighted by Crippen LogP contribution is -2.52. The summed E-state index contributed by atoms with van der Waals surface area (Å²) in [5.41, 5.74) is 19.8. The Bertz CT molecular complexity index is 6380. The lowest BCUT2D eigenvalue weighted by Gasteiger charge is -2.34. The molecule has 0 bridgehead atoms. The Morgan fingerprint density at radius 2 is 0.717 bits per heavy atom. The lowest BCUT2D eigenvalue weighted by molar-refractivity contribution is -0.148. The summed E-state index contributed by atoms with van der Waals surface area (Å²) in [5, 5.41) is 26.0. The second-order valence-corrected chi connectivity index (χ2v) is 37.3. The van der Waals surface area contributed by atoms with E-state index in [1.807, 2.05) is 114 Å². The molecule has 772 valence electrons. The number of imidazole rings is 4. The number of fused-ring (bicyclic) bond motifs is 4. The number of hydrogen-bond acceptors (Lipinski definition) is 25. The maximum Gasteiger partial charge on any atom is 0.243 e. The molecule has 41 heteroatoms. The number of nitrogens with one attached hydrogen (secondary N) is 7. The molecular formula is C104H139N29O12. The quantitative estimate of drug-likeness (QED) is 0.0166. The molecule has 0 saturated carbocycles. The van der Waals surface area contributed by atoms with Crippen molar-refractivity contribution in [1.29, 1.82) is 0 Å². The molecule has 8 heterocycles. The van der Waals surface area contributed by atoms with Crippen molar-refractivity contribution in [3.8, 4) is 57.1 Å². The lowest BCUT2D eigenvalue weighted by atomic mass is 10.2. The zero-order valence-electron chi connectivity index (χ0n) is 84.8. The first-order valence-corrected chi connectivity index (χ1v) is 50.9. The number of primary amides is 1. The number of nitrogens with two attached hydrogens (primary N) is 1. The number of rotatable bonds is 56. The Hall–Kier alpha value is -14.7. The highest BCUT2D eigenvalue weighted by Crippen LogP contribution is 2.33. The number of carbonyl (C=O) groups excluding carboxylic acids is 10. The summed E-state index contributed by atoms with van der Waals surface area (Å²) in [7, 11) is 4.31. The van der Waals surface area contributed by atoms with E-state index in [9.17, 15) is 47.9 Å². The van der Waals surface area contributed by atoms with Crippen molar-refractivity contribution in [3.63, 3.8) is 0 Å². The predicted molar refractivity (Wildman–Crippen MR) is 555 cm³/mol. The maximum absolute atomic E-state index is 14.4. The number of aromatic nitrogens is 14. The van der Waals surface area contributed by atoms with Crippen LogP contribution in [0.5, 0.6) is 11.5 Å². The normalized spacial score (nSPS) is 13.0. The molecule has 14 rings (SSSR count). The van der Waals surface area contributed by atoms with E-state index in [4.69, 9.17) is 35.1 Å². The van der Waals surface area contributed by atoms with E-state index in [1.54, 1.807) is 21.8 Å². The van der Waals surface area contributed by atoms with Gasteiger partial charge in [0.05, 0.1) is 128 Å². The minimum absolute atomic E-state index is 0.0941. The van der Waals surface area contributed by atoms with Gasteiger partial charge in [0.1, 0.15) is 40.5 Å². The molecular weight excluding hydrogens is 1850 g/mol. The summed E-state index contributed by atoms with van der Waals surface area (Å²) in [5.74, 6) is -0.190. The van der Waals surface area contributed by atoms with E-state index >= 15 is 0 Å². The number of benzene rings is 6. The number of aromatic amines is 4. The van der Waals surface area contributed by atoms with E-state index in [-0.39, 0.29) is 103 Å². The van der Waals surface area contributed by atoms with Crippen LogP contribution < -0.4 is 41.0 Å². The molecule has 6 aromatic heterocycles. The highest BCUT2D eigenvalue weighted by molar-refractivity contribution is 5.95. The molecule has 0 atom stereocenters. The molecule has 2 aliphatic heterocycles. The number of anilines is 2. The fraction of sp³-hybridized carbons (Fsp3) is 0.481. The number of amides is 10. The van der Waals surface area contributed by atoms with Crippen LogP contribution in [0.1, 0.15) is 130 Å². The van der Waals surface area contributed by atoms with Gasteiger partial charge in [-0.3, -0.25) is 57.3 Å². The van der Waals surface area contributed by atoms with Crippen molar-refractivity contribution in [2.45, 2.75) is 145 Å². The molecule has 10 amide bonds. The molecule has 0 unspecified atom stereocenters. The van der Waals surface area contributed by atoms with Gasteiger partial charge in [0.25, 0.3) is 0 Å². The van der Waals surface area contributed by atoms with E-state index in [0.717, 1.165) is 130 Å². The molecule has 0 aliphatic carbocycles. The number of carbonyl (C=O) groups is 10. The van der Waals surface area contributed by atoms with Gasteiger partial charge in [-0.05, 0) is 175 Å². The van der Waals surface area contributed by atoms with Crippen molar-refractivity contribution < 1.29 is 57.4 Å². The topological polar surface area (TPSA) is 463 Å². The zero-order valence-corrected chi connectivity index (χ0v) is 84.8. The summed E-state index contributed by atoms with van der Waals surface area (Å²) in [6, 6.07) is 40.3. The fourth-order valence-electron chi connectivity index (χ4n) is 17.8. The third-order valence-corrected chi connectivity index (χ3v) is 25.6. The van der Waals surface area contributed by atoms with Gasteiger partial charge >= 0.3 is 0 Å². The maximum atomic E-state index is 14.4. The molecule has 41 nitrogen and oxygen atoms in total. The van der Waals surface area contributed by atoms with Gasteiger partial charge in [-0.1, -0.05) is 76.2 Å². The number of ether oxygens (including phenoxy) is 2. The molecule has 145 heavy (non-hydrogen) atoms. The Kier molecular flexibility index (Phi) is 38.4. The van der Waals surface area contributed by atoms with Gasteiger partial charge < -0.3 is 105 Å². The van der Waals surface area contributed by atoms with Crippen LogP contribution in [0.25, 0.3) is 89.7 Å². The Balaban J connectivity index is 0.465. The van der Waals surface area contributed by atoms with Crippen molar-refractivity contribution in [3.05, 3.63) is 145 Å².